The molecule has 0 unspecified atom stereocenters. The molecule has 0 spiro atoms. The molecule has 1 N–H and O–H groups in total. The summed E-state index contributed by atoms with van der Waals surface area (Å²) in [4.78, 5) is 4.30. The highest BCUT2D eigenvalue weighted by molar-refractivity contribution is 5.97. The highest BCUT2D eigenvalue weighted by Gasteiger charge is 2.15. The number of hydrogen-bond acceptors (Lipinski definition) is 2. The zero-order valence-electron chi connectivity index (χ0n) is 10.0. The summed E-state index contributed by atoms with van der Waals surface area (Å²) in [5.41, 5.74) is 1.24. The molecule has 0 aromatic heterocycles. The van der Waals surface area contributed by atoms with E-state index in [0.29, 0.717) is 6.04 Å². The summed E-state index contributed by atoms with van der Waals surface area (Å²) in [6.45, 7) is 5.99. The summed E-state index contributed by atoms with van der Waals surface area (Å²) in [6, 6.07) is 0.526. The Hall–Kier alpha value is -0.830. The van der Waals surface area contributed by atoms with E-state index in [1.54, 1.807) is 0 Å². The van der Waals surface area contributed by atoms with Crippen LogP contribution in [0.2, 0.25) is 0 Å². The van der Waals surface area contributed by atoms with Gasteiger partial charge in [-0.3, -0.25) is 4.99 Å². The number of hydrogen-bond donors (Lipinski definition) is 1. The van der Waals surface area contributed by atoms with Gasteiger partial charge in [-0.2, -0.15) is 0 Å². The van der Waals surface area contributed by atoms with Gasteiger partial charge in [0.25, 0.3) is 0 Å². The van der Waals surface area contributed by atoms with Crippen molar-refractivity contribution in [3.63, 3.8) is 0 Å². The molecule has 0 aromatic rings. The molecule has 1 heterocycles. The van der Waals surface area contributed by atoms with Crippen LogP contribution in [0.5, 0.6) is 0 Å². The molecule has 0 radical (unpaired) electrons. The van der Waals surface area contributed by atoms with Crippen LogP contribution in [0.1, 0.15) is 33.1 Å². The van der Waals surface area contributed by atoms with Crippen molar-refractivity contribution in [2.24, 2.45) is 4.99 Å². The fourth-order valence-corrected chi connectivity index (χ4v) is 1.79. The van der Waals surface area contributed by atoms with Crippen molar-refractivity contribution in [3.05, 3.63) is 11.6 Å². The predicted molar refractivity (Wildman–Crippen MR) is 64.4 cm³/mol. The van der Waals surface area contributed by atoms with Crippen LogP contribution in [0.4, 0.5) is 0 Å². The van der Waals surface area contributed by atoms with E-state index in [1.807, 2.05) is 7.05 Å². The summed E-state index contributed by atoms with van der Waals surface area (Å²) >= 11 is 0. The topological polar surface area (TPSA) is 33.6 Å². The van der Waals surface area contributed by atoms with E-state index in [4.69, 9.17) is 4.74 Å². The zero-order valence-corrected chi connectivity index (χ0v) is 10.0. The van der Waals surface area contributed by atoms with Crippen LogP contribution in [-0.4, -0.2) is 32.1 Å². The van der Waals surface area contributed by atoms with Crippen molar-refractivity contribution in [1.82, 2.24) is 5.32 Å². The molecule has 0 saturated carbocycles. The smallest absolute Gasteiger partial charge is 0.123 e. The highest BCUT2D eigenvalue weighted by Crippen LogP contribution is 2.08. The first-order valence-corrected chi connectivity index (χ1v) is 5.76. The lowest BCUT2D eigenvalue weighted by Crippen LogP contribution is -2.39. The lowest BCUT2D eigenvalue weighted by molar-refractivity contribution is 0.0824. The number of ether oxygens (including phenoxy) is 1. The molecule has 0 aliphatic carbocycles. The van der Waals surface area contributed by atoms with E-state index in [0.717, 1.165) is 38.3 Å². The SMILES string of the molecule is CC/C=C(C)/C(=N\C)NC1CCOCC1. The first-order valence-electron chi connectivity index (χ1n) is 5.76. The quantitative estimate of drug-likeness (QED) is 0.572. The van der Waals surface area contributed by atoms with Gasteiger partial charge in [-0.15, -0.1) is 0 Å². The van der Waals surface area contributed by atoms with Crippen molar-refractivity contribution in [3.8, 4) is 0 Å². The van der Waals surface area contributed by atoms with Gasteiger partial charge in [0.1, 0.15) is 5.84 Å². The minimum absolute atomic E-state index is 0.526. The molecule has 3 heteroatoms. The third-order valence-electron chi connectivity index (χ3n) is 2.67. The Labute approximate surface area is 92.6 Å². The minimum atomic E-state index is 0.526. The molecule has 0 atom stereocenters. The molecule has 0 bridgehead atoms. The van der Waals surface area contributed by atoms with Gasteiger partial charge < -0.3 is 10.1 Å². The van der Waals surface area contributed by atoms with Crippen molar-refractivity contribution in [2.45, 2.75) is 39.2 Å². The van der Waals surface area contributed by atoms with Crippen LogP contribution in [0.3, 0.4) is 0 Å². The average molecular weight is 210 g/mol. The maximum atomic E-state index is 5.33. The fraction of sp³-hybridized carbons (Fsp3) is 0.750. The standard InChI is InChI=1S/C12H22N2O/c1-4-5-10(2)12(13-3)14-11-6-8-15-9-7-11/h5,11H,4,6-9H2,1-3H3,(H,13,14)/b10-5+. The maximum Gasteiger partial charge on any atom is 0.123 e. The van der Waals surface area contributed by atoms with Gasteiger partial charge in [0, 0.05) is 26.3 Å². The van der Waals surface area contributed by atoms with E-state index in [-0.39, 0.29) is 0 Å². The number of nitrogens with one attached hydrogen (secondary N) is 1. The van der Waals surface area contributed by atoms with Crippen LogP contribution in [0, 0.1) is 0 Å². The predicted octanol–water partition coefficient (Wildman–Crippen LogP) is 2.14. The first kappa shape index (κ1) is 12.2. The van der Waals surface area contributed by atoms with Gasteiger partial charge >= 0.3 is 0 Å². The molecular weight excluding hydrogens is 188 g/mol. The Morgan fingerprint density at radius 3 is 2.67 bits per heavy atom. The largest absolute Gasteiger partial charge is 0.381 e. The Morgan fingerprint density at radius 2 is 2.13 bits per heavy atom. The summed E-state index contributed by atoms with van der Waals surface area (Å²) in [7, 11) is 1.84. The van der Waals surface area contributed by atoms with Crippen molar-refractivity contribution in [1.29, 1.82) is 0 Å². The zero-order chi connectivity index (χ0) is 11.1. The number of rotatable bonds is 3. The summed E-state index contributed by atoms with van der Waals surface area (Å²) in [6.07, 6.45) is 5.42. The highest BCUT2D eigenvalue weighted by atomic mass is 16.5. The molecule has 86 valence electrons. The third kappa shape index (κ3) is 4.04. The van der Waals surface area contributed by atoms with E-state index >= 15 is 0 Å². The molecule has 1 aliphatic rings. The van der Waals surface area contributed by atoms with Crippen LogP contribution in [-0.2, 0) is 4.74 Å². The molecule has 15 heavy (non-hydrogen) atoms. The molecule has 1 rings (SSSR count). The summed E-state index contributed by atoms with van der Waals surface area (Å²) < 4.78 is 5.33. The van der Waals surface area contributed by atoms with Crippen molar-refractivity contribution in [2.75, 3.05) is 20.3 Å². The average Bonchev–Trinajstić information content (AvgIpc) is 2.27. The molecule has 3 nitrogen and oxygen atoms in total. The molecule has 1 aliphatic heterocycles. The van der Waals surface area contributed by atoms with Crippen LogP contribution in [0.25, 0.3) is 0 Å². The maximum absolute atomic E-state index is 5.33. The second-order valence-corrected chi connectivity index (χ2v) is 3.90. The van der Waals surface area contributed by atoms with Crippen LogP contribution in [0.15, 0.2) is 16.6 Å². The lowest BCUT2D eigenvalue weighted by atomic mass is 10.1. The lowest BCUT2D eigenvalue weighted by Gasteiger charge is -2.25. The van der Waals surface area contributed by atoms with Crippen molar-refractivity contribution < 1.29 is 4.74 Å². The number of amidine groups is 1. The molecule has 0 aromatic carbocycles. The summed E-state index contributed by atoms with van der Waals surface area (Å²) in [5.74, 6) is 1.03. The van der Waals surface area contributed by atoms with Gasteiger partial charge in [-0.25, -0.2) is 0 Å². The van der Waals surface area contributed by atoms with Crippen molar-refractivity contribution >= 4 is 5.84 Å². The van der Waals surface area contributed by atoms with E-state index in [9.17, 15) is 0 Å². The van der Waals surface area contributed by atoms with E-state index in [2.05, 4.69) is 30.2 Å². The Kier molecular flexibility index (Phi) is 5.40. The minimum Gasteiger partial charge on any atom is -0.381 e. The normalized spacial score (nSPS) is 20.5. The molecule has 1 saturated heterocycles. The number of allylic oxidation sites excluding steroid dienone is 1. The van der Waals surface area contributed by atoms with Gasteiger partial charge in [-0.05, 0) is 31.8 Å². The molecule has 0 amide bonds. The van der Waals surface area contributed by atoms with Crippen LogP contribution < -0.4 is 5.32 Å². The fourth-order valence-electron chi connectivity index (χ4n) is 1.79. The van der Waals surface area contributed by atoms with Gasteiger partial charge in [0.15, 0.2) is 0 Å². The molecular formula is C12H22N2O. The second-order valence-electron chi connectivity index (χ2n) is 3.90. The second kappa shape index (κ2) is 6.62. The van der Waals surface area contributed by atoms with Gasteiger partial charge in [0.05, 0.1) is 0 Å². The Balaban J connectivity index is 2.49. The number of aliphatic imine (C=N–C) groups is 1. The molecule has 1 fully saturated rings. The van der Waals surface area contributed by atoms with E-state index < -0.39 is 0 Å². The van der Waals surface area contributed by atoms with Crippen LogP contribution >= 0.6 is 0 Å². The Bertz CT molecular complexity index is 240. The van der Waals surface area contributed by atoms with Gasteiger partial charge in [0.2, 0.25) is 0 Å². The third-order valence-corrected chi connectivity index (χ3v) is 2.67. The summed E-state index contributed by atoms with van der Waals surface area (Å²) in [5, 5.41) is 3.49. The first-order chi connectivity index (χ1) is 7.27. The van der Waals surface area contributed by atoms with E-state index in [1.165, 1.54) is 5.57 Å². The monoisotopic (exact) mass is 210 g/mol. The Morgan fingerprint density at radius 1 is 1.47 bits per heavy atom. The number of nitrogens with zero attached hydrogens (tertiary/aromatic N) is 1. The van der Waals surface area contributed by atoms with Gasteiger partial charge in [-0.1, -0.05) is 13.0 Å².